The van der Waals surface area contributed by atoms with Crippen molar-refractivity contribution in [2.45, 2.75) is 39.0 Å². The summed E-state index contributed by atoms with van der Waals surface area (Å²) in [4.78, 5) is 11.7. The summed E-state index contributed by atoms with van der Waals surface area (Å²) >= 11 is 0. The Morgan fingerprint density at radius 2 is 2.00 bits per heavy atom. The highest BCUT2D eigenvalue weighted by molar-refractivity contribution is 5.91. The Balaban J connectivity index is 2.40. The van der Waals surface area contributed by atoms with Gasteiger partial charge in [-0.05, 0) is 24.8 Å². The lowest BCUT2D eigenvalue weighted by Gasteiger charge is -2.18. The third-order valence-corrected chi connectivity index (χ3v) is 2.94. The van der Waals surface area contributed by atoms with E-state index in [0.717, 1.165) is 12.8 Å². The third kappa shape index (κ3) is 3.49. The topological polar surface area (TPSA) is 17.1 Å². The van der Waals surface area contributed by atoms with E-state index >= 15 is 0 Å². The van der Waals surface area contributed by atoms with Crippen LogP contribution in [-0.4, -0.2) is 5.78 Å². The summed E-state index contributed by atoms with van der Waals surface area (Å²) in [6.45, 7) is 5.73. The molecule has 0 bridgehead atoms. The highest BCUT2D eigenvalue weighted by atomic mass is 16.1. The second-order valence-electron chi connectivity index (χ2n) is 4.19. The Kier molecular flexibility index (Phi) is 4.64. The van der Waals surface area contributed by atoms with E-state index < -0.39 is 0 Å². The van der Waals surface area contributed by atoms with E-state index in [1.165, 1.54) is 19.3 Å². The first-order valence-electron chi connectivity index (χ1n) is 5.58. The summed E-state index contributed by atoms with van der Waals surface area (Å²) < 4.78 is 0. The van der Waals surface area contributed by atoms with Crippen LogP contribution in [0.1, 0.15) is 39.0 Å². The van der Waals surface area contributed by atoms with Gasteiger partial charge in [-0.2, -0.15) is 0 Å². The first-order valence-corrected chi connectivity index (χ1v) is 5.58. The summed E-state index contributed by atoms with van der Waals surface area (Å²) in [6.07, 6.45) is 11.5. The van der Waals surface area contributed by atoms with Crippen molar-refractivity contribution in [3.05, 3.63) is 24.8 Å². The summed E-state index contributed by atoms with van der Waals surface area (Å²) in [5, 5.41) is 0. The lowest BCUT2D eigenvalue weighted by Crippen LogP contribution is -2.15. The van der Waals surface area contributed by atoms with Gasteiger partial charge < -0.3 is 0 Å². The molecule has 14 heavy (non-hydrogen) atoms. The number of allylic oxidation sites excluding steroid dienone is 3. The summed E-state index contributed by atoms with van der Waals surface area (Å²) in [7, 11) is 0. The minimum Gasteiger partial charge on any atom is -0.295 e. The standard InChI is InChI=1S/C13H20O/c1-3-11(2)9-10-13(14)12-7-5-4-6-8-12/h3,9-12H,1,4-8H2,2H3/b10-9+. The van der Waals surface area contributed by atoms with Gasteiger partial charge in [0.05, 0.1) is 0 Å². The Hall–Kier alpha value is -0.850. The molecule has 1 aliphatic carbocycles. The van der Waals surface area contributed by atoms with Crippen molar-refractivity contribution in [1.82, 2.24) is 0 Å². The smallest absolute Gasteiger partial charge is 0.158 e. The van der Waals surface area contributed by atoms with Crippen LogP contribution in [0.3, 0.4) is 0 Å². The minimum absolute atomic E-state index is 0.303. The Morgan fingerprint density at radius 1 is 1.36 bits per heavy atom. The number of hydrogen-bond donors (Lipinski definition) is 0. The number of rotatable bonds is 4. The van der Waals surface area contributed by atoms with Gasteiger partial charge in [0.15, 0.2) is 5.78 Å². The molecule has 0 aliphatic heterocycles. The molecule has 0 aromatic rings. The second-order valence-corrected chi connectivity index (χ2v) is 4.19. The van der Waals surface area contributed by atoms with Crippen molar-refractivity contribution in [1.29, 1.82) is 0 Å². The van der Waals surface area contributed by atoms with Gasteiger partial charge in [-0.1, -0.05) is 38.3 Å². The van der Waals surface area contributed by atoms with E-state index in [-0.39, 0.29) is 0 Å². The average Bonchev–Trinajstić information content (AvgIpc) is 2.26. The van der Waals surface area contributed by atoms with Crippen LogP contribution < -0.4 is 0 Å². The fraction of sp³-hybridized carbons (Fsp3) is 0.615. The molecule has 1 heteroatoms. The lowest BCUT2D eigenvalue weighted by molar-refractivity contribution is -0.119. The highest BCUT2D eigenvalue weighted by Crippen LogP contribution is 2.24. The number of carbonyl (C=O) groups is 1. The molecule has 1 atom stereocenters. The summed E-state index contributed by atoms with van der Waals surface area (Å²) in [6, 6.07) is 0. The maximum Gasteiger partial charge on any atom is 0.158 e. The number of ketones is 1. The van der Waals surface area contributed by atoms with Gasteiger partial charge in [-0.25, -0.2) is 0 Å². The van der Waals surface area contributed by atoms with Gasteiger partial charge in [0.2, 0.25) is 0 Å². The van der Waals surface area contributed by atoms with Crippen molar-refractivity contribution >= 4 is 5.78 Å². The molecule has 0 spiro atoms. The zero-order chi connectivity index (χ0) is 10.4. The largest absolute Gasteiger partial charge is 0.295 e. The molecule has 0 saturated heterocycles. The third-order valence-electron chi connectivity index (χ3n) is 2.94. The maximum absolute atomic E-state index is 11.7. The predicted octanol–water partition coefficient (Wildman–Crippen LogP) is 3.51. The molecule has 0 heterocycles. The average molecular weight is 192 g/mol. The molecule has 0 N–H and O–H groups in total. The number of carbonyl (C=O) groups excluding carboxylic acids is 1. The molecule has 0 aromatic heterocycles. The fourth-order valence-electron chi connectivity index (χ4n) is 1.85. The Labute approximate surface area is 86.9 Å². The van der Waals surface area contributed by atoms with E-state index in [9.17, 15) is 4.79 Å². The monoisotopic (exact) mass is 192 g/mol. The van der Waals surface area contributed by atoms with E-state index in [4.69, 9.17) is 0 Å². The molecular weight excluding hydrogens is 172 g/mol. The van der Waals surface area contributed by atoms with Crippen molar-refractivity contribution in [2.24, 2.45) is 11.8 Å². The van der Waals surface area contributed by atoms with Crippen LogP contribution in [0.5, 0.6) is 0 Å². The normalized spacial score (nSPS) is 20.9. The maximum atomic E-state index is 11.7. The second kappa shape index (κ2) is 5.79. The molecule has 78 valence electrons. The van der Waals surface area contributed by atoms with Gasteiger partial charge in [0.1, 0.15) is 0 Å². The summed E-state index contributed by atoms with van der Waals surface area (Å²) in [5.41, 5.74) is 0. The SMILES string of the molecule is C=CC(C)/C=C/C(=O)C1CCCCC1. The van der Waals surface area contributed by atoms with Gasteiger partial charge >= 0.3 is 0 Å². The van der Waals surface area contributed by atoms with Crippen LogP contribution in [0.15, 0.2) is 24.8 Å². The van der Waals surface area contributed by atoms with Gasteiger partial charge in [0.25, 0.3) is 0 Å². The van der Waals surface area contributed by atoms with Crippen molar-refractivity contribution in [3.63, 3.8) is 0 Å². The van der Waals surface area contributed by atoms with Crippen LogP contribution in [0.4, 0.5) is 0 Å². The molecule has 1 rings (SSSR count). The molecule has 1 fully saturated rings. The van der Waals surface area contributed by atoms with Gasteiger partial charge in [0, 0.05) is 5.92 Å². The molecule has 0 amide bonds. The molecule has 1 saturated carbocycles. The van der Waals surface area contributed by atoms with Crippen molar-refractivity contribution in [2.75, 3.05) is 0 Å². The zero-order valence-electron chi connectivity index (χ0n) is 9.04. The quantitative estimate of drug-likeness (QED) is 0.492. The lowest BCUT2D eigenvalue weighted by atomic mass is 9.86. The van der Waals surface area contributed by atoms with Gasteiger partial charge in [-0.15, -0.1) is 6.58 Å². The molecular formula is C13H20O. The fourth-order valence-corrected chi connectivity index (χ4v) is 1.85. The Bertz CT molecular complexity index is 221. The Morgan fingerprint density at radius 3 is 2.57 bits per heavy atom. The van der Waals surface area contributed by atoms with Crippen LogP contribution >= 0.6 is 0 Å². The van der Waals surface area contributed by atoms with E-state index in [1.807, 2.05) is 19.1 Å². The van der Waals surface area contributed by atoms with Crippen molar-refractivity contribution in [3.8, 4) is 0 Å². The molecule has 0 radical (unpaired) electrons. The number of hydrogen-bond acceptors (Lipinski definition) is 1. The predicted molar refractivity (Wildman–Crippen MR) is 60.1 cm³/mol. The van der Waals surface area contributed by atoms with E-state index in [0.29, 0.717) is 17.6 Å². The summed E-state index contributed by atoms with van der Waals surface area (Å²) in [5.74, 6) is 0.929. The van der Waals surface area contributed by atoms with Gasteiger partial charge in [-0.3, -0.25) is 4.79 Å². The molecule has 1 nitrogen and oxygen atoms in total. The van der Waals surface area contributed by atoms with Crippen LogP contribution in [0, 0.1) is 11.8 Å². The van der Waals surface area contributed by atoms with Crippen LogP contribution in [0.25, 0.3) is 0 Å². The van der Waals surface area contributed by atoms with Crippen LogP contribution in [-0.2, 0) is 4.79 Å². The van der Waals surface area contributed by atoms with Crippen LogP contribution in [0.2, 0.25) is 0 Å². The van der Waals surface area contributed by atoms with E-state index in [2.05, 4.69) is 6.58 Å². The highest BCUT2D eigenvalue weighted by Gasteiger charge is 2.18. The molecule has 0 aromatic carbocycles. The van der Waals surface area contributed by atoms with Crippen molar-refractivity contribution < 1.29 is 4.79 Å². The first kappa shape index (κ1) is 11.2. The minimum atomic E-state index is 0.303. The zero-order valence-corrected chi connectivity index (χ0v) is 9.04. The molecule has 1 aliphatic rings. The van der Waals surface area contributed by atoms with E-state index in [1.54, 1.807) is 6.08 Å². The first-order chi connectivity index (χ1) is 6.74. The molecule has 1 unspecified atom stereocenters.